The van der Waals surface area contributed by atoms with Crippen LogP contribution in [0.15, 0.2) is 36.7 Å². The summed E-state index contributed by atoms with van der Waals surface area (Å²) in [5, 5.41) is 11.7. The molecule has 0 aliphatic heterocycles. The van der Waals surface area contributed by atoms with E-state index in [2.05, 4.69) is 15.3 Å². The number of halogens is 1. The molecule has 2 aromatic rings. The van der Waals surface area contributed by atoms with E-state index in [1.165, 1.54) is 18.5 Å². The van der Waals surface area contributed by atoms with Crippen molar-refractivity contribution in [1.82, 2.24) is 9.97 Å². The molecule has 0 saturated heterocycles. The fourth-order valence-corrected chi connectivity index (χ4v) is 1.68. The second-order valence-corrected chi connectivity index (χ2v) is 4.36. The molecular formula is C15H15FN4O. The summed E-state index contributed by atoms with van der Waals surface area (Å²) in [5.74, 6) is 0.399. The van der Waals surface area contributed by atoms with Gasteiger partial charge >= 0.3 is 0 Å². The fourth-order valence-electron chi connectivity index (χ4n) is 1.68. The van der Waals surface area contributed by atoms with Crippen LogP contribution in [0.1, 0.15) is 19.0 Å². The standard InChI is InChI=1S/C15H15FN4O/c1-2-12(21-14-6-4-3-5-13(14)16)9-20-15-10-18-11(7-17)8-19-15/h3-6,8,10,12H,2,9H2,1H3,(H,19,20). The number of nitrogens with zero attached hydrogens (tertiary/aromatic N) is 3. The van der Waals surface area contributed by atoms with Crippen LogP contribution in [0, 0.1) is 17.1 Å². The highest BCUT2D eigenvalue weighted by molar-refractivity contribution is 5.33. The highest BCUT2D eigenvalue weighted by atomic mass is 19.1. The van der Waals surface area contributed by atoms with Crippen molar-refractivity contribution in [2.24, 2.45) is 0 Å². The van der Waals surface area contributed by atoms with E-state index in [0.717, 1.165) is 0 Å². The van der Waals surface area contributed by atoms with Gasteiger partial charge in [0, 0.05) is 0 Å². The maximum atomic E-state index is 13.5. The Bertz CT molecular complexity index is 624. The van der Waals surface area contributed by atoms with Gasteiger partial charge < -0.3 is 10.1 Å². The van der Waals surface area contributed by atoms with E-state index in [0.29, 0.717) is 18.8 Å². The molecule has 1 N–H and O–H groups in total. The molecular weight excluding hydrogens is 271 g/mol. The van der Waals surface area contributed by atoms with Crippen LogP contribution in [0.4, 0.5) is 10.2 Å². The van der Waals surface area contributed by atoms with Crippen molar-refractivity contribution < 1.29 is 9.13 Å². The van der Waals surface area contributed by atoms with Gasteiger partial charge in [0.05, 0.1) is 18.9 Å². The molecule has 21 heavy (non-hydrogen) atoms. The number of ether oxygens (including phenoxy) is 1. The number of rotatable bonds is 6. The Hall–Kier alpha value is -2.68. The Morgan fingerprint density at radius 2 is 2.14 bits per heavy atom. The zero-order chi connectivity index (χ0) is 15.1. The van der Waals surface area contributed by atoms with E-state index in [1.807, 2.05) is 13.0 Å². The van der Waals surface area contributed by atoms with Crippen molar-refractivity contribution in [3.63, 3.8) is 0 Å². The molecule has 0 aliphatic carbocycles. The third-order valence-electron chi connectivity index (χ3n) is 2.86. The Morgan fingerprint density at radius 3 is 2.76 bits per heavy atom. The lowest BCUT2D eigenvalue weighted by Gasteiger charge is -2.18. The van der Waals surface area contributed by atoms with Gasteiger partial charge in [0.15, 0.2) is 17.3 Å². The topological polar surface area (TPSA) is 70.8 Å². The number of hydrogen-bond donors (Lipinski definition) is 1. The van der Waals surface area contributed by atoms with E-state index >= 15 is 0 Å². The quantitative estimate of drug-likeness (QED) is 0.884. The molecule has 0 spiro atoms. The first kappa shape index (κ1) is 14.7. The lowest BCUT2D eigenvalue weighted by atomic mass is 10.2. The van der Waals surface area contributed by atoms with Crippen molar-refractivity contribution >= 4 is 5.82 Å². The van der Waals surface area contributed by atoms with Gasteiger partial charge in [-0.15, -0.1) is 0 Å². The number of hydrogen-bond acceptors (Lipinski definition) is 5. The van der Waals surface area contributed by atoms with Crippen molar-refractivity contribution in [2.75, 3.05) is 11.9 Å². The number of anilines is 1. The van der Waals surface area contributed by atoms with Crippen LogP contribution in [-0.4, -0.2) is 22.6 Å². The summed E-state index contributed by atoms with van der Waals surface area (Å²) in [5.41, 5.74) is 0.259. The maximum Gasteiger partial charge on any atom is 0.165 e. The molecule has 1 aromatic heterocycles. The lowest BCUT2D eigenvalue weighted by Crippen LogP contribution is -2.26. The second-order valence-electron chi connectivity index (χ2n) is 4.36. The van der Waals surface area contributed by atoms with Crippen LogP contribution < -0.4 is 10.1 Å². The average molecular weight is 286 g/mol. The van der Waals surface area contributed by atoms with E-state index in [9.17, 15) is 4.39 Å². The van der Waals surface area contributed by atoms with Crippen LogP contribution >= 0.6 is 0 Å². The van der Waals surface area contributed by atoms with E-state index in [4.69, 9.17) is 10.00 Å². The fraction of sp³-hybridized carbons (Fsp3) is 0.267. The van der Waals surface area contributed by atoms with Crippen LogP contribution in [0.25, 0.3) is 0 Å². The van der Waals surface area contributed by atoms with Crippen LogP contribution in [0.5, 0.6) is 5.75 Å². The molecule has 2 rings (SSSR count). The van der Waals surface area contributed by atoms with Crippen LogP contribution in [-0.2, 0) is 0 Å². The number of para-hydroxylation sites is 1. The van der Waals surface area contributed by atoms with E-state index in [-0.39, 0.29) is 23.4 Å². The van der Waals surface area contributed by atoms with Crippen LogP contribution in [0.2, 0.25) is 0 Å². The Balaban J connectivity index is 1.93. The highest BCUT2D eigenvalue weighted by Gasteiger charge is 2.11. The molecule has 1 heterocycles. The first-order valence-electron chi connectivity index (χ1n) is 6.60. The number of nitriles is 1. The predicted octanol–water partition coefficient (Wildman–Crippen LogP) is 2.76. The molecule has 0 saturated carbocycles. The first-order valence-corrected chi connectivity index (χ1v) is 6.60. The van der Waals surface area contributed by atoms with Gasteiger partial charge in [-0.2, -0.15) is 5.26 Å². The summed E-state index contributed by atoms with van der Waals surface area (Å²) in [6.45, 7) is 2.42. The minimum Gasteiger partial charge on any atom is -0.486 e. The highest BCUT2D eigenvalue weighted by Crippen LogP contribution is 2.18. The van der Waals surface area contributed by atoms with Gasteiger partial charge in [-0.05, 0) is 18.6 Å². The molecule has 0 radical (unpaired) electrons. The summed E-state index contributed by atoms with van der Waals surface area (Å²) in [4.78, 5) is 7.97. The van der Waals surface area contributed by atoms with Gasteiger partial charge in [-0.1, -0.05) is 19.1 Å². The zero-order valence-corrected chi connectivity index (χ0v) is 11.6. The zero-order valence-electron chi connectivity index (χ0n) is 11.6. The summed E-state index contributed by atoms with van der Waals surface area (Å²) in [6, 6.07) is 8.21. The molecule has 0 fully saturated rings. The normalized spacial score (nSPS) is 11.5. The largest absolute Gasteiger partial charge is 0.486 e. The van der Waals surface area contributed by atoms with Gasteiger partial charge in [0.1, 0.15) is 18.0 Å². The third kappa shape index (κ3) is 4.14. The van der Waals surface area contributed by atoms with Crippen molar-refractivity contribution in [3.05, 3.63) is 48.2 Å². The molecule has 6 heteroatoms. The molecule has 5 nitrogen and oxygen atoms in total. The third-order valence-corrected chi connectivity index (χ3v) is 2.86. The maximum absolute atomic E-state index is 13.5. The monoisotopic (exact) mass is 286 g/mol. The summed E-state index contributed by atoms with van der Waals surface area (Å²) in [6.07, 6.45) is 3.39. The average Bonchev–Trinajstić information content (AvgIpc) is 2.53. The van der Waals surface area contributed by atoms with Crippen molar-refractivity contribution in [1.29, 1.82) is 5.26 Å². The predicted molar refractivity (Wildman–Crippen MR) is 76.3 cm³/mol. The minimum atomic E-state index is -0.380. The Labute approximate surface area is 122 Å². The molecule has 0 bridgehead atoms. The van der Waals surface area contributed by atoms with Gasteiger partial charge in [0.2, 0.25) is 0 Å². The molecule has 1 unspecified atom stereocenters. The first-order chi connectivity index (χ1) is 10.2. The Morgan fingerprint density at radius 1 is 1.33 bits per heavy atom. The minimum absolute atomic E-state index is 0.195. The van der Waals surface area contributed by atoms with Crippen molar-refractivity contribution in [3.8, 4) is 11.8 Å². The summed E-state index contributed by atoms with van der Waals surface area (Å²) >= 11 is 0. The summed E-state index contributed by atoms with van der Waals surface area (Å²) < 4.78 is 19.2. The smallest absolute Gasteiger partial charge is 0.165 e. The molecule has 108 valence electrons. The second kappa shape index (κ2) is 7.20. The summed E-state index contributed by atoms with van der Waals surface area (Å²) in [7, 11) is 0. The molecule has 1 atom stereocenters. The molecule has 0 amide bonds. The van der Waals surface area contributed by atoms with Gasteiger partial charge in [0.25, 0.3) is 0 Å². The number of benzene rings is 1. The SMILES string of the molecule is CCC(CNc1cnc(C#N)cn1)Oc1ccccc1F. The number of nitrogens with one attached hydrogen (secondary N) is 1. The van der Waals surface area contributed by atoms with Gasteiger partial charge in [-0.25, -0.2) is 14.4 Å². The van der Waals surface area contributed by atoms with E-state index < -0.39 is 0 Å². The van der Waals surface area contributed by atoms with Crippen LogP contribution in [0.3, 0.4) is 0 Å². The molecule has 0 aliphatic rings. The van der Waals surface area contributed by atoms with Gasteiger partial charge in [-0.3, -0.25) is 0 Å². The Kier molecular flexibility index (Phi) is 5.04. The molecule has 1 aromatic carbocycles. The number of aromatic nitrogens is 2. The van der Waals surface area contributed by atoms with Crippen molar-refractivity contribution in [2.45, 2.75) is 19.4 Å². The lowest BCUT2D eigenvalue weighted by molar-refractivity contribution is 0.201. The van der Waals surface area contributed by atoms with E-state index in [1.54, 1.807) is 18.2 Å².